The van der Waals surface area contributed by atoms with E-state index in [0.717, 1.165) is 16.5 Å². The molecule has 0 atom stereocenters. The Morgan fingerprint density at radius 1 is 0.778 bits per heavy atom. The van der Waals surface area contributed by atoms with Crippen LogP contribution < -0.4 is 10.6 Å². The van der Waals surface area contributed by atoms with Gasteiger partial charge in [-0.2, -0.15) is 0 Å². The monoisotopic (exact) mass is 491 g/mol. The molecule has 0 saturated carbocycles. The number of hydrogen-bond donors (Lipinski definition) is 2. The molecule has 3 aromatic carbocycles. The summed E-state index contributed by atoms with van der Waals surface area (Å²) < 4.78 is 0. The van der Waals surface area contributed by atoms with Gasteiger partial charge in [0.25, 0.3) is 11.8 Å². The Balaban J connectivity index is 1.38. The predicted octanol–water partition coefficient (Wildman–Crippen LogP) is 5.92. The molecule has 2 heterocycles. The number of nitrogens with zero attached hydrogens (tertiary/aromatic N) is 3. The van der Waals surface area contributed by atoms with Crippen molar-refractivity contribution in [2.45, 2.75) is 5.16 Å². The quantitative estimate of drug-likeness (QED) is 0.226. The Morgan fingerprint density at radius 2 is 1.53 bits per heavy atom. The molecular weight excluding hydrogens is 470 g/mol. The van der Waals surface area contributed by atoms with Crippen molar-refractivity contribution in [3.63, 3.8) is 0 Å². The van der Waals surface area contributed by atoms with Gasteiger partial charge in [-0.1, -0.05) is 60.3 Å². The molecule has 5 rings (SSSR count). The van der Waals surface area contributed by atoms with Gasteiger partial charge in [0.1, 0.15) is 5.82 Å². The molecule has 0 aliphatic heterocycles. The molecular formula is C28H21N5O2S. The Bertz CT molecular complexity index is 1550. The van der Waals surface area contributed by atoms with Crippen LogP contribution in [0.2, 0.25) is 0 Å². The number of amides is 2. The molecule has 0 aliphatic rings. The molecule has 176 valence electrons. The van der Waals surface area contributed by atoms with Gasteiger partial charge < -0.3 is 10.6 Å². The molecule has 8 heteroatoms. The van der Waals surface area contributed by atoms with Crippen molar-refractivity contribution >= 4 is 46.0 Å². The van der Waals surface area contributed by atoms with Crippen LogP contribution in [0.3, 0.4) is 0 Å². The standard InChI is InChI=1S/C28H21N5O2S/c1-36-28-31-24(18-11-13-20(14-12-18)30-26(34)19-7-3-2-4-8-19)17-25(33-28)32-27(35)22-15-16-29-23-10-6-5-9-21(22)23/h2-17H,1H3,(H,30,34)(H,31,32,33,35). The SMILES string of the molecule is CSc1nc(NC(=O)c2ccnc3ccccc23)cc(-c2ccc(NC(=O)c3ccccc3)cc2)n1. The van der Waals surface area contributed by atoms with Gasteiger partial charge in [-0.25, -0.2) is 9.97 Å². The number of pyridine rings is 1. The number of aromatic nitrogens is 3. The minimum atomic E-state index is -0.274. The first kappa shape index (κ1) is 23.2. The van der Waals surface area contributed by atoms with Crippen molar-refractivity contribution in [2.24, 2.45) is 0 Å². The lowest BCUT2D eigenvalue weighted by atomic mass is 10.1. The molecule has 0 spiro atoms. The van der Waals surface area contributed by atoms with Crippen LogP contribution in [-0.2, 0) is 0 Å². The van der Waals surface area contributed by atoms with Gasteiger partial charge in [0, 0.05) is 34.5 Å². The van der Waals surface area contributed by atoms with Crippen molar-refractivity contribution in [2.75, 3.05) is 16.9 Å². The highest BCUT2D eigenvalue weighted by atomic mass is 32.2. The number of nitrogens with one attached hydrogen (secondary N) is 2. The topological polar surface area (TPSA) is 96.9 Å². The number of anilines is 2. The molecule has 36 heavy (non-hydrogen) atoms. The summed E-state index contributed by atoms with van der Waals surface area (Å²) in [5.41, 5.74) is 4.01. The second-order valence-corrected chi connectivity index (χ2v) is 8.63. The van der Waals surface area contributed by atoms with Crippen LogP contribution in [0.5, 0.6) is 0 Å². The molecule has 7 nitrogen and oxygen atoms in total. The maximum absolute atomic E-state index is 13.1. The number of rotatable bonds is 6. The zero-order valence-corrected chi connectivity index (χ0v) is 20.1. The van der Waals surface area contributed by atoms with Gasteiger partial charge in [0.15, 0.2) is 5.16 Å². The molecule has 0 radical (unpaired) electrons. The smallest absolute Gasteiger partial charge is 0.257 e. The van der Waals surface area contributed by atoms with Crippen molar-refractivity contribution < 1.29 is 9.59 Å². The van der Waals surface area contributed by atoms with Crippen LogP contribution in [0.4, 0.5) is 11.5 Å². The van der Waals surface area contributed by atoms with Crippen LogP contribution in [0.1, 0.15) is 20.7 Å². The van der Waals surface area contributed by atoms with Crippen molar-refractivity contribution in [1.82, 2.24) is 15.0 Å². The number of carbonyl (C=O) groups is 2. The Kier molecular flexibility index (Phi) is 6.68. The van der Waals surface area contributed by atoms with E-state index >= 15 is 0 Å². The zero-order chi connectivity index (χ0) is 24.9. The summed E-state index contributed by atoms with van der Waals surface area (Å²) in [7, 11) is 0. The minimum absolute atomic E-state index is 0.177. The summed E-state index contributed by atoms with van der Waals surface area (Å²) in [6, 6.07) is 27.3. The summed E-state index contributed by atoms with van der Waals surface area (Å²) >= 11 is 1.39. The summed E-state index contributed by atoms with van der Waals surface area (Å²) in [5, 5.41) is 7.09. The fourth-order valence-electron chi connectivity index (χ4n) is 3.72. The van der Waals surface area contributed by atoms with E-state index in [4.69, 9.17) is 0 Å². The number of fused-ring (bicyclic) bond motifs is 1. The molecule has 0 aliphatic carbocycles. The summed E-state index contributed by atoms with van der Waals surface area (Å²) in [6.45, 7) is 0. The van der Waals surface area contributed by atoms with E-state index < -0.39 is 0 Å². The largest absolute Gasteiger partial charge is 0.322 e. The zero-order valence-electron chi connectivity index (χ0n) is 19.3. The third-order valence-corrected chi connectivity index (χ3v) is 6.05. The number of para-hydroxylation sites is 1. The number of thioether (sulfide) groups is 1. The van der Waals surface area contributed by atoms with Crippen LogP contribution in [0, 0.1) is 0 Å². The second kappa shape index (κ2) is 10.4. The van der Waals surface area contributed by atoms with Crippen molar-refractivity contribution in [3.8, 4) is 11.3 Å². The third-order valence-electron chi connectivity index (χ3n) is 5.50. The van der Waals surface area contributed by atoms with Crippen molar-refractivity contribution in [1.29, 1.82) is 0 Å². The van der Waals surface area contributed by atoms with E-state index in [1.165, 1.54) is 11.8 Å². The summed E-state index contributed by atoms with van der Waals surface area (Å²) in [5.74, 6) is -0.0512. The fourth-order valence-corrected chi connectivity index (χ4v) is 4.10. The maximum atomic E-state index is 13.1. The highest BCUT2D eigenvalue weighted by Crippen LogP contribution is 2.25. The first-order valence-electron chi connectivity index (χ1n) is 11.2. The minimum Gasteiger partial charge on any atom is -0.322 e. The summed E-state index contributed by atoms with van der Waals surface area (Å²) in [4.78, 5) is 38.9. The van der Waals surface area contributed by atoms with Gasteiger partial charge in [-0.05, 0) is 42.7 Å². The molecule has 0 fully saturated rings. The third kappa shape index (κ3) is 5.08. The van der Waals surface area contributed by atoms with E-state index in [2.05, 4.69) is 25.6 Å². The Hall–Kier alpha value is -4.56. The number of benzene rings is 3. The van der Waals surface area contributed by atoms with E-state index in [1.807, 2.05) is 73.0 Å². The molecule has 2 N–H and O–H groups in total. The lowest BCUT2D eigenvalue weighted by molar-refractivity contribution is 0.101. The van der Waals surface area contributed by atoms with Crippen molar-refractivity contribution in [3.05, 3.63) is 108 Å². The highest BCUT2D eigenvalue weighted by Gasteiger charge is 2.14. The molecule has 2 amide bonds. The maximum Gasteiger partial charge on any atom is 0.257 e. The van der Waals surface area contributed by atoms with Gasteiger partial charge in [0.05, 0.1) is 16.8 Å². The summed E-state index contributed by atoms with van der Waals surface area (Å²) in [6.07, 6.45) is 3.50. The van der Waals surface area contributed by atoms with Crippen LogP contribution in [0.25, 0.3) is 22.2 Å². The first-order valence-corrected chi connectivity index (χ1v) is 12.4. The number of hydrogen-bond acceptors (Lipinski definition) is 6. The van der Waals surface area contributed by atoms with Crippen LogP contribution in [0.15, 0.2) is 102 Å². The average Bonchev–Trinajstić information content (AvgIpc) is 2.93. The van der Waals surface area contributed by atoms with Crippen LogP contribution >= 0.6 is 11.8 Å². The van der Waals surface area contributed by atoms with E-state index in [0.29, 0.717) is 33.5 Å². The fraction of sp³-hybridized carbons (Fsp3) is 0.0357. The first-order chi connectivity index (χ1) is 17.6. The van der Waals surface area contributed by atoms with E-state index in [-0.39, 0.29) is 11.8 Å². The second-order valence-electron chi connectivity index (χ2n) is 7.85. The van der Waals surface area contributed by atoms with E-state index in [1.54, 1.807) is 30.5 Å². The van der Waals surface area contributed by atoms with Gasteiger partial charge in [0.2, 0.25) is 0 Å². The molecule has 0 bridgehead atoms. The number of carbonyl (C=O) groups excluding carboxylic acids is 2. The molecule has 5 aromatic rings. The van der Waals surface area contributed by atoms with Gasteiger partial charge in [-0.15, -0.1) is 0 Å². The normalized spacial score (nSPS) is 10.7. The lowest BCUT2D eigenvalue weighted by Crippen LogP contribution is -2.14. The highest BCUT2D eigenvalue weighted by molar-refractivity contribution is 7.98. The predicted molar refractivity (Wildman–Crippen MR) is 143 cm³/mol. The molecule has 0 unspecified atom stereocenters. The average molecular weight is 492 g/mol. The van der Waals surface area contributed by atoms with Gasteiger partial charge in [-0.3, -0.25) is 14.6 Å². The van der Waals surface area contributed by atoms with Crippen LogP contribution in [-0.4, -0.2) is 33.0 Å². The van der Waals surface area contributed by atoms with E-state index in [9.17, 15) is 9.59 Å². The Labute approximate surface area is 212 Å². The molecule has 2 aromatic heterocycles. The Morgan fingerprint density at radius 3 is 2.31 bits per heavy atom. The lowest BCUT2D eigenvalue weighted by Gasteiger charge is -2.11. The van der Waals surface area contributed by atoms with Gasteiger partial charge >= 0.3 is 0 Å². The molecule has 0 saturated heterocycles.